The molecule has 2 atom stereocenters. The van der Waals surface area contributed by atoms with Gasteiger partial charge in [-0.15, -0.1) is 10.2 Å². The molecular formula is C17H24BrN5O2. The Morgan fingerprint density at radius 3 is 2.64 bits per heavy atom. The lowest BCUT2D eigenvalue weighted by molar-refractivity contribution is -0.161. The third kappa shape index (κ3) is 5.88. The first kappa shape index (κ1) is 19.5. The quantitative estimate of drug-likeness (QED) is 0.555. The second-order valence-corrected chi connectivity index (χ2v) is 7.81. The summed E-state index contributed by atoms with van der Waals surface area (Å²) in [5.74, 6) is -0.275. The molecule has 136 valence electrons. The third-order valence-electron chi connectivity index (χ3n) is 3.73. The predicted molar refractivity (Wildman–Crippen MR) is 96.8 cm³/mol. The van der Waals surface area contributed by atoms with Crippen LogP contribution in [0.2, 0.25) is 0 Å². The van der Waals surface area contributed by atoms with E-state index in [-0.39, 0.29) is 17.8 Å². The fourth-order valence-corrected chi connectivity index (χ4v) is 2.93. The molecule has 8 heteroatoms. The van der Waals surface area contributed by atoms with Crippen LogP contribution in [-0.4, -0.2) is 37.2 Å². The zero-order valence-corrected chi connectivity index (χ0v) is 16.6. The molecule has 0 aliphatic rings. The number of tetrazole rings is 1. The topological polar surface area (TPSA) is 93.6 Å². The zero-order valence-electron chi connectivity index (χ0n) is 15.0. The van der Waals surface area contributed by atoms with Gasteiger partial charge in [-0.05, 0) is 61.2 Å². The Bertz CT molecular complexity index is 667. The molecule has 2 aromatic heterocycles. The van der Waals surface area contributed by atoms with Crippen LogP contribution in [0.1, 0.15) is 57.8 Å². The number of aromatic nitrogens is 5. The number of hydrogen-bond donors (Lipinski definition) is 1. The maximum absolute atomic E-state index is 12.8. The van der Waals surface area contributed by atoms with E-state index in [4.69, 9.17) is 4.74 Å². The van der Waals surface area contributed by atoms with Crippen LogP contribution in [0.5, 0.6) is 0 Å². The van der Waals surface area contributed by atoms with Crippen molar-refractivity contribution in [2.24, 2.45) is 5.92 Å². The summed E-state index contributed by atoms with van der Waals surface area (Å²) < 4.78 is 6.41. The van der Waals surface area contributed by atoms with E-state index < -0.39 is 5.60 Å². The maximum atomic E-state index is 12.8. The molecule has 0 saturated carbocycles. The van der Waals surface area contributed by atoms with Gasteiger partial charge in [0.1, 0.15) is 10.2 Å². The Morgan fingerprint density at radius 2 is 2.12 bits per heavy atom. The van der Waals surface area contributed by atoms with Crippen molar-refractivity contribution in [3.63, 3.8) is 0 Å². The van der Waals surface area contributed by atoms with Crippen molar-refractivity contribution >= 4 is 21.9 Å². The van der Waals surface area contributed by atoms with Gasteiger partial charge >= 0.3 is 5.97 Å². The summed E-state index contributed by atoms with van der Waals surface area (Å²) in [6.45, 7) is 7.66. The molecule has 0 aromatic carbocycles. The highest BCUT2D eigenvalue weighted by Crippen LogP contribution is 2.31. The molecule has 25 heavy (non-hydrogen) atoms. The van der Waals surface area contributed by atoms with Gasteiger partial charge in [0.25, 0.3) is 0 Å². The minimum atomic E-state index is -0.538. The highest BCUT2D eigenvalue weighted by atomic mass is 79.9. The SMILES string of the molecule is CCCC(C(=O)OC(C)(C)C)[C@H](Cc1ccc(Br)nc1)c1nn[nH]n1. The summed E-state index contributed by atoms with van der Waals surface area (Å²) in [5, 5.41) is 14.4. The molecule has 2 rings (SSSR count). The van der Waals surface area contributed by atoms with E-state index in [9.17, 15) is 4.79 Å². The molecule has 0 bridgehead atoms. The van der Waals surface area contributed by atoms with Crippen LogP contribution in [0.4, 0.5) is 0 Å². The molecule has 0 fully saturated rings. The molecule has 2 aromatic rings. The summed E-state index contributed by atoms with van der Waals surface area (Å²) in [7, 11) is 0. The number of aromatic amines is 1. The van der Waals surface area contributed by atoms with Gasteiger partial charge in [0.15, 0.2) is 5.82 Å². The molecule has 0 aliphatic carbocycles. The number of carbonyl (C=O) groups is 1. The summed E-state index contributed by atoms with van der Waals surface area (Å²) in [4.78, 5) is 17.1. The standard InChI is InChI=1S/C17H24BrN5O2/c1-5-6-12(16(24)25-17(2,3)4)13(15-20-22-23-21-15)9-11-7-8-14(18)19-10-11/h7-8,10,12-13H,5-6,9H2,1-4H3,(H,20,21,22,23)/t12?,13-/m0/s1. The van der Waals surface area contributed by atoms with Gasteiger partial charge in [0.2, 0.25) is 0 Å². The van der Waals surface area contributed by atoms with Crippen LogP contribution in [0.3, 0.4) is 0 Å². The number of halogens is 1. The lowest BCUT2D eigenvalue weighted by atomic mass is 9.83. The number of hydrogen-bond acceptors (Lipinski definition) is 6. The Labute approximate surface area is 156 Å². The molecule has 0 saturated heterocycles. The van der Waals surface area contributed by atoms with Crippen LogP contribution in [0.25, 0.3) is 0 Å². The number of esters is 1. The molecule has 1 unspecified atom stereocenters. The van der Waals surface area contributed by atoms with Gasteiger partial charge in [0, 0.05) is 12.1 Å². The van der Waals surface area contributed by atoms with E-state index in [0.717, 1.165) is 16.6 Å². The van der Waals surface area contributed by atoms with Crippen LogP contribution < -0.4 is 0 Å². The summed E-state index contributed by atoms with van der Waals surface area (Å²) >= 11 is 3.34. The molecular weight excluding hydrogens is 386 g/mol. The molecule has 0 amide bonds. The van der Waals surface area contributed by atoms with Gasteiger partial charge in [0.05, 0.1) is 5.92 Å². The Kier molecular flexibility index (Phi) is 6.64. The fraction of sp³-hybridized carbons (Fsp3) is 0.588. The Hall–Kier alpha value is -1.83. The van der Waals surface area contributed by atoms with E-state index in [1.165, 1.54) is 0 Å². The van der Waals surface area contributed by atoms with Gasteiger partial charge in [-0.1, -0.05) is 24.6 Å². The Morgan fingerprint density at radius 1 is 1.36 bits per heavy atom. The van der Waals surface area contributed by atoms with Crippen LogP contribution in [0.15, 0.2) is 22.9 Å². The number of pyridine rings is 1. The highest BCUT2D eigenvalue weighted by Gasteiger charge is 2.35. The molecule has 1 N–H and O–H groups in total. The number of nitrogens with one attached hydrogen (secondary N) is 1. The number of rotatable bonds is 7. The molecule has 0 spiro atoms. The minimum Gasteiger partial charge on any atom is -0.460 e. The van der Waals surface area contributed by atoms with Crippen LogP contribution in [-0.2, 0) is 16.0 Å². The molecule has 7 nitrogen and oxygen atoms in total. The molecule has 0 radical (unpaired) electrons. The average Bonchev–Trinajstić information content (AvgIpc) is 3.05. The second-order valence-electron chi connectivity index (χ2n) is 7.00. The normalized spacial score (nSPS) is 14.1. The van der Waals surface area contributed by atoms with Crippen molar-refractivity contribution in [2.45, 2.75) is 58.5 Å². The van der Waals surface area contributed by atoms with Crippen molar-refractivity contribution in [1.82, 2.24) is 25.6 Å². The van der Waals surface area contributed by atoms with Gasteiger partial charge in [-0.2, -0.15) is 5.21 Å². The smallest absolute Gasteiger partial charge is 0.310 e. The first-order valence-electron chi connectivity index (χ1n) is 8.36. The van der Waals surface area contributed by atoms with Crippen molar-refractivity contribution < 1.29 is 9.53 Å². The molecule has 2 heterocycles. The highest BCUT2D eigenvalue weighted by molar-refractivity contribution is 9.10. The number of ether oxygens (including phenoxy) is 1. The minimum absolute atomic E-state index is 0.225. The summed E-state index contributed by atoms with van der Waals surface area (Å²) in [6.07, 6.45) is 3.92. The lowest BCUT2D eigenvalue weighted by Crippen LogP contribution is -2.33. The largest absolute Gasteiger partial charge is 0.460 e. The van der Waals surface area contributed by atoms with E-state index in [1.807, 2.05) is 39.8 Å². The van der Waals surface area contributed by atoms with Crippen molar-refractivity contribution in [3.8, 4) is 0 Å². The van der Waals surface area contributed by atoms with Gasteiger partial charge in [-0.3, -0.25) is 4.79 Å². The lowest BCUT2D eigenvalue weighted by Gasteiger charge is -2.27. The molecule has 0 aliphatic heterocycles. The van der Waals surface area contributed by atoms with Crippen molar-refractivity contribution in [3.05, 3.63) is 34.3 Å². The first-order valence-corrected chi connectivity index (χ1v) is 9.16. The van der Waals surface area contributed by atoms with E-state index >= 15 is 0 Å². The van der Waals surface area contributed by atoms with Gasteiger partial charge in [-0.25, -0.2) is 4.98 Å². The Balaban J connectivity index is 2.30. The van der Waals surface area contributed by atoms with E-state index in [2.05, 4.69) is 41.5 Å². The van der Waals surface area contributed by atoms with Gasteiger partial charge < -0.3 is 4.74 Å². The van der Waals surface area contributed by atoms with Crippen molar-refractivity contribution in [1.29, 1.82) is 0 Å². The van der Waals surface area contributed by atoms with Crippen LogP contribution in [0, 0.1) is 5.92 Å². The van der Waals surface area contributed by atoms with E-state index in [0.29, 0.717) is 18.7 Å². The fourth-order valence-electron chi connectivity index (χ4n) is 2.69. The summed E-state index contributed by atoms with van der Waals surface area (Å²) in [5.41, 5.74) is 0.465. The second kappa shape index (κ2) is 8.51. The first-order chi connectivity index (χ1) is 11.8. The average molecular weight is 410 g/mol. The van der Waals surface area contributed by atoms with Crippen LogP contribution >= 0.6 is 15.9 Å². The monoisotopic (exact) mass is 409 g/mol. The predicted octanol–water partition coefficient (Wildman–Crippen LogP) is 3.44. The third-order valence-corrected chi connectivity index (χ3v) is 4.20. The summed E-state index contributed by atoms with van der Waals surface area (Å²) in [6, 6.07) is 3.85. The number of carbonyl (C=O) groups excluding carboxylic acids is 1. The number of nitrogens with zero attached hydrogens (tertiary/aromatic N) is 4. The zero-order chi connectivity index (χ0) is 18.4. The number of H-pyrrole nitrogens is 1. The van der Waals surface area contributed by atoms with E-state index in [1.54, 1.807) is 6.20 Å². The maximum Gasteiger partial charge on any atom is 0.310 e. The van der Waals surface area contributed by atoms with Crippen molar-refractivity contribution in [2.75, 3.05) is 0 Å².